The average Bonchev–Trinajstić information content (AvgIpc) is 3.18. The normalized spacial score (nSPS) is 24.6. The number of ether oxygens (including phenoxy) is 2. The first kappa shape index (κ1) is 20.7. The summed E-state index contributed by atoms with van der Waals surface area (Å²) in [7, 11) is 0. The summed E-state index contributed by atoms with van der Waals surface area (Å²) in [6.45, 7) is 8.68. The molecule has 3 aliphatic heterocycles. The van der Waals surface area contributed by atoms with Crippen molar-refractivity contribution in [2.75, 3.05) is 19.7 Å². The minimum Gasteiger partial charge on any atom is -0.487 e. The van der Waals surface area contributed by atoms with E-state index in [1.54, 1.807) is 0 Å². The van der Waals surface area contributed by atoms with Gasteiger partial charge in [-0.05, 0) is 51.0 Å². The van der Waals surface area contributed by atoms with Gasteiger partial charge in [-0.15, -0.1) is 0 Å². The molecule has 1 aromatic heterocycles. The number of likely N-dealkylation sites (tertiary alicyclic amines) is 1. The molecular formula is C27H31N3O3. The number of hydrogen-bond acceptors (Lipinski definition) is 4. The minimum atomic E-state index is -0.301. The van der Waals surface area contributed by atoms with Crippen LogP contribution in [0, 0.1) is 18.3 Å². The summed E-state index contributed by atoms with van der Waals surface area (Å²) in [5.41, 5.74) is 4.07. The molecule has 4 heterocycles. The highest BCUT2D eigenvalue weighted by molar-refractivity contribution is 5.78. The van der Waals surface area contributed by atoms with Crippen molar-refractivity contribution < 1.29 is 14.3 Å². The lowest BCUT2D eigenvalue weighted by Crippen LogP contribution is -2.65. The topological polar surface area (TPSA) is 67.5 Å². The zero-order valence-corrected chi connectivity index (χ0v) is 19.6. The second-order valence-corrected chi connectivity index (χ2v) is 10.7. The number of aromatic nitrogens is 2. The Hall–Kier alpha value is -2.86. The number of para-hydroxylation sites is 2. The second-order valence-electron chi connectivity index (χ2n) is 10.7. The molecule has 0 radical (unpaired) electrons. The number of benzene rings is 2. The molecule has 33 heavy (non-hydrogen) atoms. The lowest BCUT2D eigenvalue weighted by molar-refractivity contribution is -0.201. The Labute approximate surface area is 194 Å². The van der Waals surface area contributed by atoms with Crippen molar-refractivity contribution in [3.8, 4) is 5.75 Å². The van der Waals surface area contributed by atoms with Crippen molar-refractivity contribution in [1.29, 1.82) is 0 Å². The number of fused-ring (bicyclic) bond motifs is 4. The maximum atomic E-state index is 12.9. The largest absolute Gasteiger partial charge is 0.487 e. The number of nitrogens with zero attached hydrogens (tertiary/aromatic N) is 2. The van der Waals surface area contributed by atoms with Gasteiger partial charge in [-0.1, -0.05) is 24.3 Å². The van der Waals surface area contributed by atoms with E-state index < -0.39 is 0 Å². The SMILES string of the molecule is Cc1ccc2c(c1)OC(C)(C)[C@H]1CC3(CO[C@H]21)CN(C(=O)CCc1nc2ccccc2[nH]1)C3. The van der Waals surface area contributed by atoms with Crippen LogP contribution in [0.1, 0.15) is 49.7 Å². The number of hydrogen-bond donors (Lipinski definition) is 1. The highest BCUT2D eigenvalue weighted by Crippen LogP contribution is 2.55. The van der Waals surface area contributed by atoms with Crippen LogP contribution in [-0.2, 0) is 16.0 Å². The fourth-order valence-corrected chi connectivity index (χ4v) is 5.92. The second kappa shape index (κ2) is 7.32. The van der Waals surface area contributed by atoms with Crippen LogP contribution >= 0.6 is 0 Å². The van der Waals surface area contributed by atoms with Crippen molar-refractivity contribution in [1.82, 2.24) is 14.9 Å². The van der Waals surface area contributed by atoms with Gasteiger partial charge in [-0.25, -0.2) is 4.98 Å². The number of nitrogens with one attached hydrogen (secondary N) is 1. The summed E-state index contributed by atoms with van der Waals surface area (Å²) in [4.78, 5) is 22.8. The first-order chi connectivity index (χ1) is 15.8. The molecule has 1 N–H and O–H groups in total. The van der Waals surface area contributed by atoms with E-state index in [4.69, 9.17) is 9.47 Å². The maximum Gasteiger partial charge on any atom is 0.223 e. The Morgan fingerprint density at radius 3 is 2.85 bits per heavy atom. The van der Waals surface area contributed by atoms with E-state index in [2.05, 4.69) is 48.9 Å². The van der Waals surface area contributed by atoms with Crippen molar-refractivity contribution in [2.45, 2.75) is 51.7 Å². The Bertz CT molecular complexity index is 1190. The molecule has 6 nitrogen and oxygen atoms in total. The molecule has 2 atom stereocenters. The molecule has 3 aromatic rings. The number of carbonyl (C=O) groups excluding carboxylic acids is 1. The predicted molar refractivity (Wildman–Crippen MR) is 126 cm³/mol. The fraction of sp³-hybridized carbons (Fsp3) is 0.481. The van der Waals surface area contributed by atoms with Crippen LogP contribution in [0.2, 0.25) is 0 Å². The number of aromatic amines is 1. The number of amides is 1. The molecule has 6 heteroatoms. The molecule has 2 saturated heterocycles. The fourth-order valence-electron chi connectivity index (χ4n) is 5.92. The molecule has 2 fully saturated rings. The van der Waals surface area contributed by atoms with Gasteiger partial charge in [0, 0.05) is 42.8 Å². The zero-order chi connectivity index (χ0) is 22.8. The number of aryl methyl sites for hydroxylation is 2. The number of imidazole rings is 1. The number of carbonyl (C=O) groups is 1. The van der Waals surface area contributed by atoms with Crippen molar-refractivity contribution >= 4 is 16.9 Å². The van der Waals surface area contributed by atoms with Crippen LogP contribution in [0.25, 0.3) is 11.0 Å². The van der Waals surface area contributed by atoms with Crippen LogP contribution in [-0.4, -0.2) is 46.1 Å². The molecule has 0 unspecified atom stereocenters. The van der Waals surface area contributed by atoms with Gasteiger partial charge in [0.25, 0.3) is 0 Å². The highest BCUT2D eigenvalue weighted by Gasteiger charge is 2.56. The first-order valence-electron chi connectivity index (χ1n) is 11.9. The highest BCUT2D eigenvalue weighted by atomic mass is 16.5. The van der Waals surface area contributed by atoms with Gasteiger partial charge in [0.2, 0.25) is 5.91 Å². The van der Waals surface area contributed by atoms with Gasteiger partial charge >= 0.3 is 0 Å². The third-order valence-corrected chi connectivity index (χ3v) is 7.75. The van der Waals surface area contributed by atoms with Gasteiger partial charge < -0.3 is 19.4 Å². The summed E-state index contributed by atoms with van der Waals surface area (Å²) >= 11 is 0. The molecule has 2 aromatic carbocycles. The Balaban J connectivity index is 1.10. The lowest BCUT2D eigenvalue weighted by atomic mass is 9.64. The Morgan fingerprint density at radius 2 is 2.03 bits per heavy atom. The van der Waals surface area contributed by atoms with Crippen LogP contribution in [0.4, 0.5) is 0 Å². The summed E-state index contributed by atoms with van der Waals surface area (Å²) in [6.07, 6.45) is 2.19. The molecule has 1 amide bonds. The van der Waals surface area contributed by atoms with Gasteiger partial charge in [0.05, 0.1) is 23.7 Å². The molecule has 0 aliphatic carbocycles. The van der Waals surface area contributed by atoms with E-state index in [9.17, 15) is 4.79 Å². The van der Waals surface area contributed by atoms with Gasteiger partial charge in [-0.3, -0.25) is 4.79 Å². The quantitative estimate of drug-likeness (QED) is 0.641. The molecule has 172 valence electrons. The smallest absolute Gasteiger partial charge is 0.223 e. The third-order valence-electron chi connectivity index (χ3n) is 7.75. The van der Waals surface area contributed by atoms with E-state index in [1.807, 2.05) is 29.2 Å². The summed E-state index contributed by atoms with van der Waals surface area (Å²) < 4.78 is 12.9. The van der Waals surface area contributed by atoms with E-state index >= 15 is 0 Å². The van der Waals surface area contributed by atoms with Crippen LogP contribution in [0.15, 0.2) is 42.5 Å². The van der Waals surface area contributed by atoms with Gasteiger partial charge in [0.1, 0.15) is 17.2 Å². The van der Waals surface area contributed by atoms with Crippen LogP contribution in [0.5, 0.6) is 5.75 Å². The Kier molecular flexibility index (Phi) is 4.60. The monoisotopic (exact) mass is 445 g/mol. The van der Waals surface area contributed by atoms with E-state index in [-0.39, 0.29) is 28.9 Å². The standard InChI is InChI=1S/C27H31N3O3/c1-17-8-9-18-22(12-17)33-26(2,3)19-13-27(16-32-25(18)19)14-30(15-27)24(31)11-10-23-28-20-6-4-5-7-21(20)29-23/h4-9,12,19,25H,10-11,13-16H2,1-3H3,(H,28,29)/t19-,25+/m0/s1. The van der Waals surface area contributed by atoms with Crippen molar-refractivity contribution in [2.24, 2.45) is 11.3 Å². The van der Waals surface area contributed by atoms with E-state index in [0.717, 1.165) is 47.7 Å². The molecule has 0 bridgehead atoms. The summed E-state index contributed by atoms with van der Waals surface area (Å²) in [5.74, 6) is 2.30. The predicted octanol–water partition coefficient (Wildman–Crippen LogP) is 4.58. The van der Waals surface area contributed by atoms with Crippen LogP contribution < -0.4 is 4.74 Å². The summed E-state index contributed by atoms with van der Waals surface area (Å²) in [6, 6.07) is 14.4. The van der Waals surface area contributed by atoms with Crippen molar-refractivity contribution in [3.63, 3.8) is 0 Å². The molecule has 6 rings (SSSR count). The third kappa shape index (κ3) is 3.52. The minimum absolute atomic E-state index is 0.0407. The van der Waals surface area contributed by atoms with Crippen molar-refractivity contribution in [3.05, 3.63) is 59.4 Å². The van der Waals surface area contributed by atoms with Gasteiger partial charge in [0.15, 0.2) is 0 Å². The summed E-state index contributed by atoms with van der Waals surface area (Å²) in [5, 5.41) is 0. The first-order valence-corrected chi connectivity index (χ1v) is 11.9. The lowest BCUT2D eigenvalue weighted by Gasteiger charge is -2.58. The van der Waals surface area contributed by atoms with Gasteiger partial charge in [-0.2, -0.15) is 0 Å². The van der Waals surface area contributed by atoms with E-state index in [0.29, 0.717) is 19.4 Å². The maximum absolute atomic E-state index is 12.9. The number of rotatable bonds is 3. The molecule has 0 saturated carbocycles. The molecule has 1 spiro atoms. The number of H-pyrrole nitrogens is 1. The van der Waals surface area contributed by atoms with E-state index in [1.165, 1.54) is 5.56 Å². The average molecular weight is 446 g/mol. The molecule has 3 aliphatic rings. The molecular weight excluding hydrogens is 414 g/mol. The van der Waals surface area contributed by atoms with Crippen LogP contribution in [0.3, 0.4) is 0 Å². The zero-order valence-electron chi connectivity index (χ0n) is 19.6. The Morgan fingerprint density at radius 1 is 1.21 bits per heavy atom.